The maximum Gasteiger partial charge on any atom is 0.214 e. The number of rotatable bonds is 4. The van der Waals surface area contributed by atoms with E-state index >= 15 is 0 Å². The van der Waals surface area contributed by atoms with Crippen LogP contribution in [-0.4, -0.2) is 79.1 Å². The third-order valence-corrected chi connectivity index (χ3v) is 8.95. The number of hydrogen-bond acceptors (Lipinski definition) is 4. The highest BCUT2D eigenvalue weighted by atomic mass is 32.2. The summed E-state index contributed by atoms with van der Waals surface area (Å²) in [6, 6.07) is 0. The van der Waals surface area contributed by atoms with Gasteiger partial charge in [0.2, 0.25) is 10.0 Å². The minimum Gasteiger partial charge on any atom is -0.357 e. The fourth-order valence-electron chi connectivity index (χ4n) is 4.16. The lowest BCUT2D eigenvalue weighted by molar-refractivity contribution is 0.293. The maximum absolute atomic E-state index is 11.9. The van der Waals surface area contributed by atoms with Gasteiger partial charge in [-0.25, -0.2) is 12.7 Å². The van der Waals surface area contributed by atoms with Gasteiger partial charge in [-0.15, -0.1) is 0 Å². The molecule has 0 amide bonds. The number of aliphatic imine (C=N–C) groups is 1. The van der Waals surface area contributed by atoms with E-state index in [2.05, 4.69) is 28.9 Å². The van der Waals surface area contributed by atoms with E-state index in [4.69, 9.17) is 4.99 Å². The SMILES string of the molecule is CCNC(=NCCN1CCCS1(=O)=O)N1CCSC2(CCCCC2)C1. The predicted octanol–water partition coefficient (Wildman–Crippen LogP) is 1.74. The van der Waals surface area contributed by atoms with Crippen molar-refractivity contribution < 1.29 is 8.42 Å². The van der Waals surface area contributed by atoms with E-state index in [0.29, 0.717) is 30.1 Å². The molecule has 0 radical (unpaired) electrons. The normalized spacial score (nSPS) is 26.9. The van der Waals surface area contributed by atoms with Gasteiger partial charge in [0, 0.05) is 43.2 Å². The molecular weight excluding hydrogens is 356 g/mol. The lowest BCUT2D eigenvalue weighted by Crippen LogP contribution is -2.53. The van der Waals surface area contributed by atoms with Crippen LogP contribution in [0.2, 0.25) is 0 Å². The number of thioether (sulfide) groups is 1. The number of sulfonamides is 1. The summed E-state index contributed by atoms with van der Waals surface area (Å²) < 4.78 is 25.8. The summed E-state index contributed by atoms with van der Waals surface area (Å²) in [6.07, 6.45) is 7.46. The molecule has 1 saturated carbocycles. The fourth-order valence-corrected chi connectivity index (χ4v) is 7.25. The van der Waals surface area contributed by atoms with Gasteiger partial charge < -0.3 is 10.2 Å². The Morgan fingerprint density at radius 3 is 2.68 bits per heavy atom. The van der Waals surface area contributed by atoms with E-state index in [9.17, 15) is 8.42 Å². The van der Waals surface area contributed by atoms with Gasteiger partial charge in [0.1, 0.15) is 0 Å². The summed E-state index contributed by atoms with van der Waals surface area (Å²) in [4.78, 5) is 7.17. The Morgan fingerprint density at radius 1 is 1.20 bits per heavy atom. The smallest absolute Gasteiger partial charge is 0.214 e. The van der Waals surface area contributed by atoms with E-state index in [0.717, 1.165) is 37.8 Å². The monoisotopic (exact) mass is 388 g/mol. The third kappa shape index (κ3) is 4.83. The molecular formula is C17H32N4O2S2. The van der Waals surface area contributed by atoms with Crippen LogP contribution in [0.3, 0.4) is 0 Å². The van der Waals surface area contributed by atoms with Crippen LogP contribution in [0.15, 0.2) is 4.99 Å². The number of guanidine groups is 1. The minimum absolute atomic E-state index is 0.294. The summed E-state index contributed by atoms with van der Waals surface area (Å²) in [7, 11) is -3.02. The quantitative estimate of drug-likeness (QED) is 0.587. The Kier molecular flexibility index (Phi) is 6.55. The van der Waals surface area contributed by atoms with Crippen LogP contribution in [0.5, 0.6) is 0 Å². The molecule has 1 N–H and O–H groups in total. The van der Waals surface area contributed by atoms with E-state index in [1.54, 1.807) is 4.31 Å². The first kappa shape index (κ1) is 19.3. The fraction of sp³-hybridized carbons (Fsp3) is 0.941. The third-order valence-electron chi connectivity index (χ3n) is 5.46. The van der Waals surface area contributed by atoms with Crippen LogP contribution in [-0.2, 0) is 10.0 Å². The minimum atomic E-state index is -3.02. The highest BCUT2D eigenvalue weighted by Gasteiger charge is 2.38. The molecule has 144 valence electrons. The molecule has 2 heterocycles. The molecule has 0 unspecified atom stereocenters. The van der Waals surface area contributed by atoms with Gasteiger partial charge in [-0.05, 0) is 26.2 Å². The van der Waals surface area contributed by atoms with Crippen LogP contribution in [0.25, 0.3) is 0 Å². The highest BCUT2D eigenvalue weighted by molar-refractivity contribution is 8.00. The molecule has 0 aromatic carbocycles. The number of hydrogen-bond donors (Lipinski definition) is 1. The van der Waals surface area contributed by atoms with Gasteiger partial charge in [0.15, 0.2) is 5.96 Å². The molecule has 3 fully saturated rings. The first-order chi connectivity index (χ1) is 12.0. The second kappa shape index (κ2) is 8.48. The number of nitrogens with one attached hydrogen (secondary N) is 1. The highest BCUT2D eigenvalue weighted by Crippen LogP contribution is 2.42. The van der Waals surface area contributed by atoms with Gasteiger partial charge >= 0.3 is 0 Å². The lowest BCUT2D eigenvalue weighted by Gasteiger charge is -2.45. The first-order valence-corrected chi connectivity index (χ1v) is 12.3. The van der Waals surface area contributed by atoms with Gasteiger partial charge in [-0.1, -0.05) is 19.3 Å². The molecule has 8 heteroatoms. The lowest BCUT2D eigenvalue weighted by atomic mass is 9.87. The molecule has 1 spiro atoms. The van der Waals surface area contributed by atoms with Crippen molar-refractivity contribution in [2.75, 3.05) is 50.8 Å². The largest absolute Gasteiger partial charge is 0.357 e. The summed E-state index contributed by atoms with van der Waals surface area (Å²) in [5.74, 6) is 2.41. The van der Waals surface area contributed by atoms with E-state index in [1.165, 1.54) is 32.1 Å². The van der Waals surface area contributed by atoms with Crippen LogP contribution in [0.1, 0.15) is 45.4 Å². The van der Waals surface area contributed by atoms with Gasteiger partial charge in [-0.3, -0.25) is 4.99 Å². The summed E-state index contributed by atoms with van der Waals surface area (Å²) in [5, 5.41) is 3.42. The van der Waals surface area contributed by atoms with Crippen LogP contribution in [0.4, 0.5) is 0 Å². The van der Waals surface area contributed by atoms with Crippen molar-refractivity contribution >= 4 is 27.7 Å². The van der Waals surface area contributed by atoms with Crippen LogP contribution < -0.4 is 5.32 Å². The molecule has 0 aromatic heterocycles. The standard InChI is InChI=1S/C17H32N4O2S2/c1-2-18-16(19-9-11-21-10-6-14-25(21,22)23)20-12-13-24-17(15-20)7-4-3-5-8-17/h2-15H2,1H3,(H,18,19). The average Bonchev–Trinajstić information content (AvgIpc) is 2.93. The zero-order valence-corrected chi connectivity index (χ0v) is 17.0. The average molecular weight is 389 g/mol. The van der Waals surface area contributed by atoms with Crippen molar-refractivity contribution in [2.24, 2.45) is 4.99 Å². The molecule has 25 heavy (non-hydrogen) atoms. The van der Waals surface area contributed by atoms with Crippen molar-refractivity contribution in [3.63, 3.8) is 0 Å². The van der Waals surface area contributed by atoms with Crippen molar-refractivity contribution in [3.8, 4) is 0 Å². The Hall–Kier alpha value is -0.470. The van der Waals surface area contributed by atoms with Gasteiger partial charge in [-0.2, -0.15) is 11.8 Å². The van der Waals surface area contributed by atoms with Crippen LogP contribution in [0, 0.1) is 0 Å². The maximum atomic E-state index is 11.9. The Balaban J connectivity index is 1.61. The summed E-state index contributed by atoms with van der Waals surface area (Å²) in [6.45, 7) is 6.74. The Bertz CT molecular complexity index is 568. The summed E-state index contributed by atoms with van der Waals surface area (Å²) in [5.41, 5.74) is 0. The zero-order valence-electron chi connectivity index (χ0n) is 15.4. The van der Waals surface area contributed by atoms with E-state index in [-0.39, 0.29) is 0 Å². The van der Waals surface area contributed by atoms with Crippen LogP contribution >= 0.6 is 11.8 Å². The molecule has 0 aromatic rings. The number of nitrogens with zero attached hydrogens (tertiary/aromatic N) is 3. The molecule has 0 bridgehead atoms. The second-order valence-corrected chi connectivity index (χ2v) is 11.0. The molecule has 3 aliphatic rings. The Labute approximate surface area is 156 Å². The van der Waals surface area contributed by atoms with Crippen molar-refractivity contribution in [1.29, 1.82) is 0 Å². The van der Waals surface area contributed by atoms with Gasteiger partial charge in [0.05, 0.1) is 12.3 Å². The summed E-state index contributed by atoms with van der Waals surface area (Å²) >= 11 is 2.16. The van der Waals surface area contributed by atoms with Crippen molar-refractivity contribution in [1.82, 2.24) is 14.5 Å². The second-order valence-electron chi connectivity index (χ2n) is 7.32. The topological polar surface area (TPSA) is 65.0 Å². The van der Waals surface area contributed by atoms with Gasteiger partial charge in [0.25, 0.3) is 0 Å². The zero-order chi connectivity index (χ0) is 17.8. The van der Waals surface area contributed by atoms with Crippen molar-refractivity contribution in [2.45, 2.75) is 50.2 Å². The molecule has 6 nitrogen and oxygen atoms in total. The van der Waals surface area contributed by atoms with Crippen molar-refractivity contribution in [3.05, 3.63) is 0 Å². The molecule has 1 aliphatic carbocycles. The first-order valence-electron chi connectivity index (χ1n) is 9.70. The molecule has 0 atom stereocenters. The molecule has 2 saturated heterocycles. The van der Waals surface area contributed by atoms with E-state index < -0.39 is 10.0 Å². The molecule has 2 aliphatic heterocycles. The van der Waals surface area contributed by atoms with E-state index in [1.807, 2.05) is 0 Å². The molecule has 3 rings (SSSR count). The predicted molar refractivity (Wildman–Crippen MR) is 106 cm³/mol. The Morgan fingerprint density at radius 2 is 2.00 bits per heavy atom.